The molecule has 2 heterocycles. The van der Waals surface area contributed by atoms with Crippen LogP contribution in [0.15, 0.2) is 0 Å². The Bertz CT molecular complexity index is 181. The number of carbonyl (C=O) groups is 1. The standard InChI is InChI=1S/C10H17NO2/c1-13-6-9(5-12)10-7-2-8(10)4-11-3-7/h5,7-11H,2-4,6H2,1H3. The lowest BCUT2D eigenvalue weighted by Gasteiger charge is -2.52. The van der Waals surface area contributed by atoms with Crippen molar-refractivity contribution in [1.29, 1.82) is 0 Å². The third-order valence-electron chi connectivity index (χ3n) is 3.54. The van der Waals surface area contributed by atoms with Gasteiger partial charge in [0.05, 0.1) is 6.61 Å². The molecule has 0 aromatic rings. The fraction of sp³-hybridized carbons (Fsp3) is 0.900. The van der Waals surface area contributed by atoms with Gasteiger partial charge in [-0.2, -0.15) is 0 Å². The molecule has 0 aromatic heterocycles. The van der Waals surface area contributed by atoms with Crippen LogP contribution in [0.3, 0.4) is 0 Å². The van der Waals surface area contributed by atoms with E-state index < -0.39 is 0 Å². The summed E-state index contributed by atoms with van der Waals surface area (Å²) in [5, 5.41) is 3.38. The first-order chi connectivity index (χ1) is 6.36. The molecule has 1 saturated carbocycles. The molecule has 13 heavy (non-hydrogen) atoms. The van der Waals surface area contributed by atoms with Crippen molar-refractivity contribution in [2.75, 3.05) is 26.8 Å². The van der Waals surface area contributed by atoms with Crippen molar-refractivity contribution in [3.05, 3.63) is 0 Å². The number of carbonyl (C=O) groups excluding carboxylic acids is 1. The molecule has 1 aliphatic carbocycles. The van der Waals surface area contributed by atoms with Crippen LogP contribution < -0.4 is 5.32 Å². The number of rotatable bonds is 4. The van der Waals surface area contributed by atoms with Crippen molar-refractivity contribution < 1.29 is 9.53 Å². The molecule has 3 rings (SSSR count). The largest absolute Gasteiger partial charge is 0.384 e. The third kappa shape index (κ3) is 1.51. The van der Waals surface area contributed by atoms with E-state index in [0.717, 1.165) is 31.2 Å². The molecule has 3 heteroatoms. The van der Waals surface area contributed by atoms with Crippen LogP contribution in [-0.4, -0.2) is 33.1 Å². The molecular weight excluding hydrogens is 166 g/mol. The van der Waals surface area contributed by atoms with Crippen LogP contribution >= 0.6 is 0 Å². The molecular formula is C10H17NO2. The van der Waals surface area contributed by atoms with Gasteiger partial charge in [-0.05, 0) is 37.3 Å². The maximum absolute atomic E-state index is 10.9. The zero-order chi connectivity index (χ0) is 9.26. The zero-order valence-corrected chi connectivity index (χ0v) is 8.03. The molecule has 0 spiro atoms. The Balaban J connectivity index is 1.95. The van der Waals surface area contributed by atoms with E-state index >= 15 is 0 Å². The van der Waals surface area contributed by atoms with E-state index in [-0.39, 0.29) is 5.92 Å². The molecule has 0 amide bonds. The highest BCUT2D eigenvalue weighted by Gasteiger charge is 2.47. The number of nitrogens with one attached hydrogen (secondary N) is 1. The molecule has 2 saturated heterocycles. The second-order valence-electron chi connectivity index (χ2n) is 4.25. The monoisotopic (exact) mass is 183 g/mol. The summed E-state index contributed by atoms with van der Waals surface area (Å²) in [6.07, 6.45) is 2.39. The SMILES string of the molecule is COCC(C=O)C1C2CNCC1C2. The van der Waals surface area contributed by atoms with Crippen molar-refractivity contribution >= 4 is 6.29 Å². The molecule has 0 aromatic carbocycles. The Morgan fingerprint density at radius 2 is 2.23 bits per heavy atom. The molecule has 3 nitrogen and oxygen atoms in total. The summed E-state index contributed by atoms with van der Waals surface area (Å²) in [6, 6.07) is 0. The van der Waals surface area contributed by atoms with Gasteiger partial charge in [0.2, 0.25) is 0 Å². The quantitative estimate of drug-likeness (QED) is 0.637. The van der Waals surface area contributed by atoms with Gasteiger partial charge in [-0.15, -0.1) is 0 Å². The molecule has 2 bridgehead atoms. The Hall–Kier alpha value is -0.410. The first-order valence-electron chi connectivity index (χ1n) is 5.01. The van der Waals surface area contributed by atoms with Crippen molar-refractivity contribution in [3.63, 3.8) is 0 Å². The number of piperidine rings is 2. The van der Waals surface area contributed by atoms with E-state index in [4.69, 9.17) is 4.74 Å². The highest BCUT2D eigenvalue weighted by Crippen LogP contribution is 2.46. The zero-order valence-electron chi connectivity index (χ0n) is 8.03. The fourth-order valence-electron chi connectivity index (χ4n) is 2.92. The van der Waals surface area contributed by atoms with Gasteiger partial charge >= 0.3 is 0 Å². The Morgan fingerprint density at radius 1 is 1.54 bits per heavy atom. The summed E-state index contributed by atoms with van der Waals surface area (Å²) in [4.78, 5) is 10.9. The average Bonchev–Trinajstić information content (AvgIpc) is 2.18. The highest BCUT2D eigenvalue weighted by atomic mass is 16.5. The smallest absolute Gasteiger partial charge is 0.125 e. The van der Waals surface area contributed by atoms with Crippen LogP contribution in [0.25, 0.3) is 0 Å². The van der Waals surface area contributed by atoms with Crippen molar-refractivity contribution in [2.45, 2.75) is 6.42 Å². The van der Waals surface area contributed by atoms with E-state index in [1.165, 1.54) is 6.42 Å². The van der Waals surface area contributed by atoms with Gasteiger partial charge in [0.1, 0.15) is 6.29 Å². The topological polar surface area (TPSA) is 38.3 Å². The number of aldehydes is 1. The molecule has 2 aliphatic heterocycles. The second-order valence-corrected chi connectivity index (χ2v) is 4.25. The van der Waals surface area contributed by atoms with Crippen LogP contribution in [-0.2, 0) is 9.53 Å². The fourth-order valence-corrected chi connectivity index (χ4v) is 2.92. The van der Waals surface area contributed by atoms with Gasteiger partial charge < -0.3 is 14.8 Å². The van der Waals surface area contributed by atoms with Crippen LogP contribution in [0.1, 0.15) is 6.42 Å². The summed E-state index contributed by atoms with van der Waals surface area (Å²) in [6.45, 7) is 2.78. The lowest BCUT2D eigenvalue weighted by atomic mass is 9.58. The molecule has 0 radical (unpaired) electrons. The highest BCUT2D eigenvalue weighted by molar-refractivity contribution is 5.55. The lowest BCUT2D eigenvalue weighted by molar-refractivity contribution is -0.121. The van der Waals surface area contributed by atoms with Gasteiger partial charge in [-0.1, -0.05) is 0 Å². The van der Waals surface area contributed by atoms with Gasteiger partial charge in [-0.25, -0.2) is 0 Å². The van der Waals surface area contributed by atoms with E-state index in [9.17, 15) is 4.79 Å². The van der Waals surface area contributed by atoms with Gasteiger partial charge in [0, 0.05) is 13.0 Å². The van der Waals surface area contributed by atoms with E-state index in [1.54, 1.807) is 7.11 Å². The third-order valence-corrected chi connectivity index (χ3v) is 3.54. The number of methoxy groups -OCH3 is 1. The van der Waals surface area contributed by atoms with Gasteiger partial charge in [0.25, 0.3) is 0 Å². The first kappa shape index (κ1) is 9.16. The normalized spacial score (nSPS) is 39.3. The summed E-state index contributed by atoms with van der Waals surface area (Å²) in [5.74, 6) is 2.18. The number of hydrogen-bond acceptors (Lipinski definition) is 3. The average molecular weight is 183 g/mol. The minimum Gasteiger partial charge on any atom is -0.384 e. The maximum atomic E-state index is 10.9. The van der Waals surface area contributed by atoms with Crippen molar-refractivity contribution in [2.24, 2.45) is 23.7 Å². The molecule has 1 N–H and O–H groups in total. The van der Waals surface area contributed by atoms with Crippen LogP contribution in [0.4, 0.5) is 0 Å². The molecule has 3 unspecified atom stereocenters. The summed E-state index contributed by atoms with van der Waals surface area (Å²) in [5.41, 5.74) is 0. The van der Waals surface area contributed by atoms with Crippen LogP contribution in [0.5, 0.6) is 0 Å². The van der Waals surface area contributed by atoms with Crippen molar-refractivity contribution in [1.82, 2.24) is 5.32 Å². The summed E-state index contributed by atoms with van der Waals surface area (Å²) < 4.78 is 5.07. The van der Waals surface area contributed by atoms with Crippen LogP contribution in [0.2, 0.25) is 0 Å². The van der Waals surface area contributed by atoms with Gasteiger partial charge in [0.15, 0.2) is 0 Å². The van der Waals surface area contributed by atoms with Crippen molar-refractivity contribution in [3.8, 4) is 0 Å². The molecule has 3 atom stereocenters. The molecule has 3 aliphatic rings. The maximum Gasteiger partial charge on any atom is 0.125 e. The minimum absolute atomic E-state index is 0.135. The summed E-state index contributed by atoms with van der Waals surface area (Å²) in [7, 11) is 1.67. The Morgan fingerprint density at radius 3 is 2.69 bits per heavy atom. The number of hydrogen-bond donors (Lipinski definition) is 1. The predicted molar refractivity (Wildman–Crippen MR) is 49.4 cm³/mol. The van der Waals surface area contributed by atoms with E-state index in [2.05, 4.69) is 5.32 Å². The molecule has 3 fully saturated rings. The number of ether oxygens (including phenoxy) is 1. The van der Waals surface area contributed by atoms with E-state index in [1.807, 2.05) is 0 Å². The predicted octanol–water partition coefficient (Wildman–Crippen LogP) is 0.303. The summed E-state index contributed by atoms with van der Waals surface area (Å²) >= 11 is 0. The second kappa shape index (κ2) is 3.76. The lowest BCUT2D eigenvalue weighted by Crippen LogP contribution is -2.56. The van der Waals surface area contributed by atoms with Gasteiger partial charge in [-0.3, -0.25) is 0 Å². The van der Waals surface area contributed by atoms with Crippen LogP contribution in [0, 0.1) is 23.7 Å². The molecule has 74 valence electrons. The Kier molecular flexibility index (Phi) is 2.65. The first-order valence-corrected chi connectivity index (χ1v) is 5.01. The van der Waals surface area contributed by atoms with E-state index in [0.29, 0.717) is 12.5 Å². The Labute approximate surface area is 78.8 Å². The number of fused-ring (bicyclic) bond motifs is 2. The minimum atomic E-state index is 0.135.